The van der Waals surface area contributed by atoms with Gasteiger partial charge >= 0.3 is 0 Å². The van der Waals surface area contributed by atoms with Crippen LogP contribution in [0.3, 0.4) is 0 Å². The Morgan fingerprint density at radius 1 is 1.16 bits per heavy atom. The van der Waals surface area contributed by atoms with Crippen molar-refractivity contribution in [2.75, 3.05) is 23.5 Å². The quantitative estimate of drug-likeness (QED) is 0.0932. The molecule has 0 radical (unpaired) electrons. The first-order chi connectivity index (χ1) is 21.3. The predicted molar refractivity (Wildman–Crippen MR) is 185 cm³/mol. The molecule has 0 amide bonds. The Bertz CT molecular complexity index is 1520. The topological polar surface area (TPSA) is 85.7 Å². The van der Waals surface area contributed by atoms with Crippen LogP contribution in [0.1, 0.15) is 86.3 Å². The Morgan fingerprint density at radius 2 is 1.80 bits per heavy atom. The molecule has 0 unspecified atom stereocenters. The van der Waals surface area contributed by atoms with Gasteiger partial charge in [-0.3, -0.25) is 10.1 Å². The number of aliphatic imine (C=N–C) groups is 2. The molecule has 0 saturated heterocycles. The SMILES string of the molecule is C/C=C(N=C(CCC(C)=O)C(C)C)/C(=C(/C)CC)C(=C(\N=C(/C)N(C)c1c(F)cc(SC)cc1F)Nc1cc(C)[nH]n1)/C1CC1. The zero-order chi connectivity index (χ0) is 33.4. The number of hydrogen-bond donors (Lipinski definition) is 2. The van der Waals surface area contributed by atoms with Crippen molar-refractivity contribution in [1.82, 2.24) is 10.2 Å². The number of nitrogens with zero attached hydrogens (tertiary/aromatic N) is 4. The van der Waals surface area contributed by atoms with Crippen LogP contribution in [0.25, 0.3) is 0 Å². The number of ketones is 1. The number of rotatable bonds is 14. The largest absolute Gasteiger partial charge is 0.328 e. The number of carbonyl (C=O) groups excluding carboxylic acids is 1. The molecule has 10 heteroatoms. The van der Waals surface area contributed by atoms with Crippen molar-refractivity contribution in [2.45, 2.75) is 92.4 Å². The molecular weight excluding hydrogens is 590 g/mol. The lowest BCUT2D eigenvalue weighted by Crippen LogP contribution is -2.26. The molecule has 3 rings (SSSR count). The number of thioether (sulfide) groups is 1. The van der Waals surface area contributed by atoms with E-state index in [9.17, 15) is 4.79 Å². The second-order valence-corrected chi connectivity index (χ2v) is 12.8. The third kappa shape index (κ3) is 9.48. The van der Waals surface area contributed by atoms with Crippen molar-refractivity contribution in [3.8, 4) is 0 Å². The van der Waals surface area contributed by atoms with E-state index in [1.54, 1.807) is 27.2 Å². The van der Waals surface area contributed by atoms with Gasteiger partial charge in [-0.1, -0.05) is 32.4 Å². The van der Waals surface area contributed by atoms with Crippen LogP contribution in [-0.4, -0.2) is 40.8 Å². The van der Waals surface area contributed by atoms with Gasteiger partial charge in [-0.15, -0.1) is 11.8 Å². The van der Waals surface area contributed by atoms with Gasteiger partial charge in [0.15, 0.2) is 17.5 Å². The van der Waals surface area contributed by atoms with Crippen molar-refractivity contribution in [3.63, 3.8) is 0 Å². The standard InChI is InChI=1S/C35H48F2N6OS/c1-11-21(5)32(29(12-2)39-30(20(3)4)16-13-23(7)44)33(25-14-15-25)35(40-31-17-22(6)41-42-31)38-24(8)43(9)34-27(36)18-26(45-10)19-28(34)37/h12,17-20,25H,11,13-16H2,1-10H3,(H2,40,41,42)/b29-12-,32-21+,35-33+,38-24+,39-30?. The molecule has 1 heterocycles. The first-order valence-electron chi connectivity index (χ1n) is 15.6. The van der Waals surface area contributed by atoms with Gasteiger partial charge in [0.1, 0.15) is 23.1 Å². The van der Waals surface area contributed by atoms with E-state index in [-0.39, 0.29) is 23.3 Å². The van der Waals surface area contributed by atoms with Gasteiger partial charge in [-0.2, -0.15) is 5.10 Å². The first-order valence-corrected chi connectivity index (χ1v) is 16.8. The Balaban J connectivity index is 2.29. The Hall–Kier alpha value is -3.53. The summed E-state index contributed by atoms with van der Waals surface area (Å²) in [6.45, 7) is 15.7. The summed E-state index contributed by atoms with van der Waals surface area (Å²) in [6, 6.07) is 4.57. The molecule has 1 fully saturated rings. The number of amidine groups is 1. The van der Waals surface area contributed by atoms with Gasteiger partial charge in [0.25, 0.3) is 0 Å². The lowest BCUT2D eigenvalue weighted by Gasteiger charge is -2.24. The fourth-order valence-electron chi connectivity index (χ4n) is 4.99. The highest BCUT2D eigenvalue weighted by molar-refractivity contribution is 7.98. The van der Waals surface area contributed by atoms with E-state index in [0.717, 1.165) is 53.1 Å². The molecule has 0 bridgehead atoms. The molecule has 1 aliphatic rings. The summed E-state index contributed by atoms with van der Waals surface area (Å²) in [5, 5.41) is 10.8. The molecule has 1 aromatic heterocycles. The van der Waals surface area contributed by atoms with E-state index >= 15 is 8.78 Å². The normalized spacial score (nSPS) is 15.7. The summed E-state index contributed by atoms with van der Waals surface area (Å²) in [5.41, 5.74) is 5.65. The molecule has 1 aliphatic carbocycles. The summed E-state index contributed by atoms with van der Waals surface area (Å²) in [5.74, 6) is 0.754. The van der Waals surface area contributed by atoms with Crippen molar-refractivity contribution < 1.29 is 13.6 Å². The monoisotopic (exact) mass is 638 g/mol. The number of aromatic nitrogens is 2. The van der Waals surface area contributed by atoms with Crippen molar-refractivity contribution in [1.29, 1.82) is 0 Å². The third-order valence-electron chi connectivity index (χ3n) is 7.93. The summed E-state index contributed by atoms with van der Waals surface area (Å²) in [7, 11) is 1.62. The maximum Gasteiger partial charge on any atom is 0.153 e. The van der Waals surface area contributed by atoms with Crippen LogP contribution in [-0.2, 0) is 4.79 Å². The summed E-state index contributed by atoms with van der Waals surface area (Å²) in [6.07, 6.45) is 7.58. The summed E-state index contributed by atoms with van der Waals surface area (Å²) in [4.78, 5) is 24.0. The van der Waals surface area contributed by atoms with Gasteiger partial charge in [-0.05, 0) is 90.5 Å². The number of Topliss-reactive ketones (excluding diaryl/α,β-unsaturated/α-hetero) is 1. The van der Waals surface area contributed by atoms with Crippen molar-refractivity contribution in [3.05, 3.63) is 69.8 Å². The summed E-state index contributed by atoms with van der Waals surface area (Å²) < 4.78 is 30.4. The molecule has 1 aromatic carbocycles. The van der Waals surface area contributed by atoms with Crippen LogP contribution in [0.5, 0.6) is 0 Å². The highest BCUT2D eigenvalue weighted by atomic mass is 32.2. The number of anilines is 2. The minimum Gasteiger partial charge on any atom is -0.328 e. The number of nitrogens with one attached hydrogen (secondary N) is 2. The fraction of sp³-hybridized carbons (Fsp3) is 0.486. The lowest BCUT2D eigenvalue weighted by atomic mass is 9.91. The number of H-pyrrole nitrogens is 1. The van der Waals surface area contributed by atoms with Crippen LogP contribution < -0.4 is 10.2 Å². The van der Waals surface area contributed by atoms with Gasteiger partial charge < -0.3 is 15.0 Å². The minimum atomic E-state index is -0.653. The molecule has 0 spiro atoms. The number of hydrogen-bond acceptors (Lipinski definition) is 6. The highest BCUT2D eigenvalue weighted by Crippen LogP contribution is 2.46. The number of aryl methyl sites for hydroxylation is 1. The zero-order valence-electron chi connectivity index (χ0n) is 28.4. The Morgan fingerprint density at radius 3 is 2.27 bits per heavy atom. The number of halogens is 2. The smallest absolute Gasteiger partial charge is 0.153 e. The zero-order valence-corrected chi connectivity index (χ0v) is 29.2. The van der Waals surface area contributed by atoms with Gasteiger partial charge in [0, 0.05) is 47.0 Å². The number of benzene rings is 1. The fourth-order valence-corrected chi connectivity index (χ4v) is 5.43. The van der Waals surface area contributed by atoms with Gasteiger partial charge in [-0.25, -0.2) is 13.8 Å². The van der Waals surface area contributed by atoms with Crippen LogP contribution in [0, 0.1) is 30.4 Å². The Kier molecular flexibility index (Phi) is 12.9. The predicted octanol–water partition coefficient (Wildman–Crippen LogP) is 9.40. The molecular formula is C35H48F2N6OS. The van der Waals surface area contributed by atoms with E-state index < -0.39 is 11.6 Å². The molecule has 2 aromatic rings. The van der Waals surface area contributed by atoms with Crippen LogP contribution in [0.4, 0.5) is 20.3 Å². The second kappa shape index (κ2) is 16.2. The maximum absolute atomic E-state index is 15.2. The van der Waals surface area contributed by atoms with E-state index in [0.29, 0.717) is 35.2 Å². The lowest BCUT2D eigenvalue weighted by molar-refractivity contribution is -0.116. The van der Waals surface area contributed by atoms with Crippen LogP contribution >= 0.6 is 11.8 Å². The number of aromatic amines is 1. The molecule has 0 aliphatic heterocycles. The first kappa shape index (κ1) is 35.9. The van der Waals surface area contributed by atoms with E-state index in [2.05, 4.69) is 43.2 Å². The van der Waals surface area contributed by atoms with Crippen LogP contribution in [0.2, 0.25) is 0 Å². The van der Waals surface area contributed by atoms with E-state index in [1.807, 2.05) is 26.0 Å². The molecule has 2 N–H and O–H groups in total. The van der Waals surface area contributed by atoms with Crippen LogP contribution in [0.15, 0.2) is 67.4 Å². The average Bonchev–Trinajstić information content (AvgIpc) is 3.74. The second-order valence-electron chi connectivity index (χ2n) is 11.9. The molecule has 0 atom stereocenters. The summed E-state index contributed by atoms with van der Waals surface area (Å²) >= 11 is 1.28. The number of carbonyl (C=O) groups is 1. The highest BCUT2D eigenvalue weighted by Gasteiger charge is 2.34. The van der Waals surface area contributed by atoms with E-state index in [4.69, 9.17) is 9.98 Å². The van der Waals surface area contributed by atoms with Gasteiger partial charge in [0.05, 0.1) is 5.70 Å². The maximum atomic E-state index is 15.2. The van der Waals surface area contributed by atoms with Crippen molar-refractivity contribution in [2.24, 2.45) is 21.8 Å². The number of allylic oxidation sites excluding steroid dienone is 3. The van der Waals surface area contributed by atoms with E-state index in [1.165, 1.54) is 28.8 Å². The minimum absolute atomic E-state index is 0.134. The average molecular weight is 639 g/mol. The molecule has 244 valence electrons. The molecule has 45 heavy (non-hydrogen) atoms. The van der Waals surface area contributed by atoms with Gasteiger partial charge in [0.2, 0.25) is 0 Å². The molecule has 1 saturated carbocycles. The Labute approximate surface area is 271 Å². The van der Waals surface area contributed by atoms with Crippen molar-refractivity contribution >= 4 is 40.6 Å². The third-order valence-corrected chi connectivity index (χ3v) is 8.64. The molecule has 7 nitrogen and oxygen atoms in total.